The van der Waals surface area contributed by atoms with Gasteiger partial charge in [-0.3, -0.25) is 0 Å². The zero-order chi connectivity index (χ0) is 12.3. The molecule has 0 aliphatic rings. The van der Waals surface area contributed by atoms with Crippen LogP contribution in [0.3, 0.4) is 0 Å². The van der Waals surface area contributed by atoms with Crippen LogP contribution in [0.25, 0.3) is 0 Å². The van der Waals surface area contributed by atoms with E-state index in [0.717, 1.165) is 0 Å². The van der Waals surface area contributed by atoms with Gasteiger partial charge in [0.05, 0.1) is 6.04 Å². The van der Waals surface area contributed by atoms with Crippen LogP contribution in [0.2, 0.25) is 0 Å². The van der Waals surface area contributed by atoms with E-state index in [0.29, 0.717) is 17.5 Å². The molecule has 17 heavy (non-hydrogen) atoms. The molecule has 1 atom stereocenters. The third-order valence-corrected chi connectivity index (χ3v) is 2.03. The molecule has 0 spiro atoms. The number of halogens is 1. The Morgan fingerprint density at radius 2 is 2.29 bits per heavy atom. The molecule has 0 saturated carbocycles. The smallest absolute Gasteiger partial charge is 0.253 e. The molecule has 1 unspecified atom stereocenters. The molecular weight excluding hydrogens is 225 g/mol. The molecule has 0 aliphatic carbocycles. The van der Waals surface area contributed by atoms with Crippen LogP contribution in [0.5, 0.6) is 5.75 Å². The average molecular weight is 237 g/mol. The Balaban J connectivity index is 1.97. The first-order valence-electron chi connectivity index (χ1n) is 5.11. The maximum Gasteiger partial charge on any atom is 0.253 e. The standard InChI is InChI=1S/C11H12FN3O2/c1-7(13)11-15-14-10(17-11)6-16-9-4-2-3-8(12)5-9/h2-5,7H,6,13H2,1H3. The van der Waals surface area contributed by atoms with Crippen LogP contribution in [0.1, 0.15) is 24.7 Å². The fraction of sp³-hybridized carbons (Fsp3) is 0.273. The third-order valence-electron chi connectivity index (χ3n) is 2.03. The lowest BCUT2D eigenvalue weighted by atomic mass is 10.3. The van der Waals surface area contributed by atoms with Gasteiger partial charge in [0.25, 0.3) is 5.89 Å². The molecule has 6 heteroatoms. The van der Waals surface area contributed by atoms with Crippen molar-refractivity contribution in [3.05, 3.63) is 41.9 Å². The lowest BCUT2D eigenvalue weighted by molar-refractivity contribution is 0.256. The van der Waals surface area contributed by atoms with Crippen LogP contribution in [0.15, 0.2) is 28.7 Å². The monoisotopic (exact) mass is 237 g/mol. The highest BCUT2D eigenvalue weighted by Gasteiger charge is 2.10. The first-order chi connectivity index (χ1) is 8.15. The fourth-order valence-electron chi connectivity index (χ4n) is 1.21. The third kappa shape index (κ3) is 3.01. The van der Waals surface area contributed by atoms with Gasteiger partial charge in [0.2, 0.25) is 5.89 Å². The zero-order valence-electron chi connectivity index (χ0n) is 9.26. The van der Waals surface area contributed by atoms with E-state index in [2.05, 4.69) is 10.2 Å². The number of hydrogen-bond acceptors (Lipinski definition) is 5. The molecule has 5 nitrogen and oxygen atoms in total. The molecule has 0 amide bonds. The van der Waals surface area contributed by atoms with E-state index >= 15 is 0 Å². The SMILES string of the molecule is CC(N)c1nnc(COc2cccc(F)c2)o1. The van der Waals surface area contributed by atoms with Gasteiger partial charge >= 0.3 is 0 Å². The van der Waals surface area contributed by atoms with Crippen molar-refractivity contribution >= 4 is 0 Å². The summed E-state index contributed by atoms with van der Waals surface area (Å²) >= 11 is 0. The minimum Gasteiger partial charge on any atom is -0.484 e. The number of hydrogen-bond donors (Lipinski definition) is 1. The Morgan fingerprint density at radius 1 is 1.47 bits per heavy atom. The highest BCUT2D eigenvalue weighted by atomic mass is 19.1. The fourth-order valence-corrected chi connectivity index (χ4v) is 1.21. The summed E-state index contributed by atoms with van der Waals surface area (Å²) in [5, 5.41) is 7.51. The molecule has 1 aromatic heterocycles. The van der Waals surface area contributed by atoms with Crippen LogP contribution in [0, 0.1) is 5.82 Å². The molecule has 0 radical (unpaired) electrons. The van der Waals surface area contributed by atoms with Crippen molar-refractivity contribution in [2.45, 2.75) is 19.6 Å². The molecule has 90 valence electrons. The molecule has 2 rings (SSSR count). The van der Waals surface area contributed by atoms with Crippen LogP contribution >= 0.6 is 0 Å². The molecule has 1 heterocycles. The maximum atomic E-state index is 12.9. The van der Waals surface area contributed by atoms with Gasteiger partial charge in [-0.05, 0) is 19.1 Å². The highest BCUT2D eigenvalue weighted by Crippen LogP contribution is 2.14. The van der Waals surface area contributed by atoms with Crippen LogP contribution in [-0.2, 0) is 6.61 Å². The van der Waals surface area contributed by atoms with E-state index in [-0.39, 0.29) is 18.5 Å². The summed E-state index contributed by atoms with van der Waals surface area (Å²) in [6.45, 7) is 1.83. The van der Waals surface area contributed by atoms with Crippen molar-refractivity contribution in [3.8, 4) is 5.75 Å². The number of rotatable bonds is 4. The first-order valence-corrected chi connectivity index (χ1v) is 5.11. The Morgan fingerprint density at radius 3 is 2.94 bits per heavy atom. The lowest BCUT2D eigenvalue weighted by Crippen LogP contribution is -2.04. The van der Waals surface area contributed by atoms with E-state index in [9.17, 15) is 4.39 Å². The van der Waals surface area contributed by atoms with Gasteiger partial charge in [-0.2, -0.15) is 0 Å². The normalized spacial score (nSPS) is 12.4. The van der Waals surface area contributed by atoms with E-state index < -0.39 is 0 Å². The molecule has 0 fully saturated rings. The van der Waals surface area contributed by atoms with Crippen LogP contribution < -0.4 is 10.5 Å². The van der Waals surface area contributed by atoms with Crippen molar-refractivity contribution in [1.82, 2.24) is 10.2 Å². The lowest BCUT2D eigenvalue weighted by Gasteiger charge is -2.02. The first kappa shape index (κ1) is 11.5. The predicted molar refractivity (Wildman–Crippen MR) is 57.6 cm³/mol. The summed E-state index contributed by atoms with van der Waals surface area (Å²) in [4.78, 5) is 0. The Kier molecular flexibility index (Phi) is 3.34. The summed E-state index contributed by atoms with van der Waals surface area (Å²) < 4.78 is 23.4. The topological polar surface area (TPSA) is 74.2 Å². The second kappa shape index (κ2) is 4.92. The second-order valence-electron chi connectivity index (χ2n) is 3.57. The Hall–Kier alpha value is -1.95. The van der Waals surface area contributed by atoms with Crippen molar-refractivity contribution < 1.29 is 13.5 Å². The molecule has 0 saturated heterocycles. The molecular formula is C11H12FN3O2. The van der Waals surface area contributed by atoms with Crippen molar-refractivity contribution in [2.75, 3.05) is 0 Å². The van der Waals surface area contributed by atoms with E-state index in [1.807, 2.05) is 0 Å². The summed E-state index contributed by atoms with van der Waals surface area (Å²) in [5.41, 5.74) is 5.57. The molecule has 1 aromatic carbocycles. The minimum atomic E-state index is -0.357. The van der Waals surface area contributed by atoms with Crippen molar-refractivity contribution in [2.24, 2.45) is 5.73 Å². The van der Waals surface area contributed by atoms with Gasteiger partial charge in [-0.25, -0.2) is 4.39 Å². The maximum absolute atomic E-state index is 12.9. The van der Waals surface area contributed by atoms with E-state index in [4.69, 9.17) is 14.9 Å². The average Bonchev–Trinajstić information content (AvgIpc) is 2.75. The quantitative estimate of drug-likeness (QED) is 0.877. The highest BCUT2D eigenvalue weighted by molar-refractivity contribution is 5.22. The van der Waals surface area contributed by atoms with Gasteiger partial charge in [0.15, 0.2) is 6.61 Å². The zero-order valence-corrected chi connectivity index (χ0v) is 9.26. The Bertz CT molecular complexity index is 499. The van der Waals surface area contributed by atoms with Crippen molar-refractivity contribution in [3.63, 3.8) is 0 Å². The number of nitrogens with zero attached hydrogens (tertiary/aromatic N) is 2. The predicted octanol–water partition coefficient (Wildman–Crippen LogP) is 1.81. The summed E-state index contributed by atoms with van der Waals surface area (Å²) in [7, 11) is 0. The van der Waals surface area contributed by atoms with Crippen LogP contribution in [-0.4, -0.2) is 10.2 Å². The summed E-state index contributed by atoms with van der Waals surface area (Å²) in [5.74, 6) is 0.708. The number of benzene rings is 1. The van der Waals surface area contributed by atoms with E-state index in [1.165, 1.54) is 12.1 Å². The van der Waals surface area contributed by atoms with Crippen LogP contribution in [0.4, 0.5) is 4.39 Å². The molecule has 2 N–H and O–H groups in total. The van der Waals surface area contributed by atoms with Gasteiger partial charge in [0, 0.05) is 6.07 Å². The van der Waals surface area contributed by atoms with E-state index in [1.54, 1.807) is 19.1 Å². The summed E-state index contributed by atoms with van der Waals surface area (Å²) in [6.07, 6.45) is 0. The van der Waals surface area contributed by atoms with Gasteiger partial charge in [-0.1, -0.05) is 6.07 Å². The Labute approximate surface area is 97.4 Å². The molecule has 0 bridgehead atoms. The summed E-state index contributed by atoms with van der Waals surface area (Å²) in [6, 6.07) is 5.51. The molecule has 0 aliphatic heterocycles. The number of aromatic nitrogens is 2. The second-order valence-corrected chi connectivity index (χ2v) is 3.57. The minimum absolute atomic E-state index is 0.0865. The number of nitrogens with two attached hydrogens (primary N) is 1. The van der Waals surface area contributed by atoms with Gasteiger partial charge < -0.3 is 14.9 Å². The number of ether oxygens (including phenoxy) is 1. The van der Waals surface area contributed by atoms with Gasteiger partial charge in [0.1, 0.15) is 11.6 Å². The van der Waals surface area contributed by atoms with Gasteiger partial charge in [-0.15, -0.1) is 10.2 Å². The van der Waals surface area contributed by atoms with Crippen molar-refractivity contribution in [1.29, 1.82) is 0 Å². The largest absolute Gasteiger partial charge is 0.484 e. The molecule has 2 aromatic rings.